The van der Waals surface area contributed by atoms with E-state index in [9.17, 15) is 4.79 Å². The molecule has 5 nitrogen and oxygen atoms in total. The molecule has 1 amide bonds. The van der Waals surface area contributed by atoms with Gasteiger partial charge in [0.15, 0.2) is 0 Å². The number of rotatable bonds is 4. The highest BCUT2D eigenvalue weighted by Gasteiger charge is 2.17. The van der Waals surface area contributed by atoms with Gasteiger partial charge < -0.3 is 5.32 Å². The van der Waals surface area contributed by atoms with Gasteiger partial charge in [0.2, 0.25) is 0 Å². The molecule has 0 saturated carbocycles. The SMILES string of the molecule is CCC(NC(=O)c1cnnn1C)C(C)C. The number of carbonyl (C=O) groups is 1. The summed E-state index contributed by atoms with van der Waals surface area (Å²) >= 11 is 0. The van der Waals surface area contributed by atoms with Crippen molar-refractivity contribution >= 4 is 5.91 Å². The lowest BCUT2D eigenvalue weighted by molar-refractivity contribution is 0.0915. The highest BCUT2D eigenvalue weighted by molar-refractivity contribution is 5.92. The van der Waals surface area contributed by atoms with Gasteiger partial charge in [-0.05, 0) is 12.3 Å². The summed E-state index contributed by atoms with van der Waals surface area (Å²) in [7, 11) is 1.71. The maximum atomic E-state index is 11.8. The van der Waals surface area contributed by atoms with Gasteiger partial charge in [0.1, 0.15) is 5.69 Å². The number of hydrogen-bond donors (Lipinski definition) is 1. The Hall–Kier alpha value is -1.39. The van der Waals surface area contributed by atoms with Crippen LogP contribution < -0.4 is 5.32 Å². The van der Waals surface area contributed by atoms with Gasteiger partial charge in [-0.2, -0.15) is 0 Å². The van der Waals surface area contributed by atoms with E-state index in [0.29, 0.717) is 11.6 Å². The van der Waals surface area contributed by atoms with Crippen LogP contribution in [0.4, 0.5) is 0 Å². The Kier molecular flexibility index (Phi) is 3.82. The predicted molar refractivity (Wildman–Crippen MR) is 57.4 cm³/mol. The number of nitrogens with one attached hydrogen (secondary N) is 1. The molecular weight excluding hydrogens is 192 g/mol. The summed E-state index contributed by atoms with van der Waals surface area (Å²) < 4.78 is 1.47. The summed E-state index contributed by atoms with van der Waals surface area (Å²) in [6.07, 6.45) is 2.40. The molecule has 0 aromatic carbocycles. The standard InChI is InChI=1S/C10H18N4O/c1-5-8(7(2)3)12-10(15)9-6-11-13-14(9)4/h6-8H,5H2,1-4H3,(H,12,15). The Morgan fingerprint density at radius 1 is 1.60 bits per heavy atom. The van der Waals surface area contributed by atoms with Crippen molar-refractivity contribution in [1.82, 2.24) is 20.3 Å². The van der Waals surface area contributed by atoms with E-state index in [1.165, 1.54) is 10.9 Å². The zero-order valence-electron chi connectivity index (χ0n) is 9.69. The molecule has 1 rings (SSSR count). The summed E-state index contributed by atoms with van der Waals surface area (Å²) in [4.78, 5) is 11.8. The van der Waals surface area contributed by atoms with Crippen molar-refractivity contribution in [2.75, 3.05) is 0 Å². The molecule has 0 spiro atoms. The van der Waals surface area contributed by atoms with Crippen molar-refractivity contribution in [2.45, 2.75) is 33.2 Å². The third kappa shape index (κ3) is 2.78. The monoisotopic (exact) mass is 210 g/mol. The third-order valence-electron chi connectivity index (χ3n) is 2.51. The summed E-state index contributed by atoms with van der Waals surface area (Å²) in [5.74, 6) is 0.322. The molecule has 1 atom stereocenters. The minimum absolute atomic E-state index is 0.108. The minimum atomic E-state index is -0.108. The maximum Gasteiger partial charge on any atom is 0.271 e. The normalized spacial score (nSPS) is 12.9. The highest BCUT2D eigenvalue weighted by Crippen LogP contribution is 2.06. The molecule has 0 radical (unpaired) electrons. The Bertz CT molecular complexity index is 332. The van der Waals surface area contributed by atoms with Crippen molar-refractivity contribution in [3.63, 3.8) is 0 Å². The van der Waals surface area contributed by atoms with E-state index >= 15 is 0 Å². The molecule has 15 heavy (non-hydrogen) atoms. The maximum absolute atomic E-state index is 11.8. The fourth-order valence-corrected chi connectivity index (χ4v) is 1.48. The van der Waals surface area contributed by atoms with E-state index < -0.39 is 0 Å². The van der Waals surface area contributed by atoms with Gasteiger partial charge in [-0.1, -0.05) is 26.0 Å². The quantitative estimate of drug-likeness (QED) is 0.805. The van der Waals surface area contributed by atoms with Crippen LogP contribution in [-0.4, -0.2) is 26.9 Å². The molecule has 0 saturated heterocycles. The van der Waals surface area contributed by atoms with Crippen molar-refractivity contribution in [3.8, 4) is 0 Å². The molecular formula is C10H18N4O. The molecule has 1 N–H and O–H groups in total. The van der Waals surface area contributed by atoms with Crippen molar-refractivity contribution < 1.29 is 4.79 Å². The molecule has 5 heteroatoms. The smallest absolute Gasteiger partial charge is 0.271 e. The second kappa shape index (κ2) is 4.91. The van der Waals surface area contributed by atoms with Crippen molar-refractivity contribution in [2.24, 2.45) is 13.0 Å². The van der Waals surface area contributed by atoms with E-state index in [1.54, 1.807) is 7.05 Å². The minimum Gasteiger partial charge on any atom is -0.348 e. The first kappa shape index (κ1) is 11.7. The largest absolute Gasteiger partial charge is 0.348 e. The van der Waals surface area contributed by atoms with Crippen LogP contribution in [0.3, 0.4) is 0 Å². The zero-order chi connectivity index (χ0) is 11.4. The summed E-state index contributed by atoms with van der Waals surface area (Å²) in [6.45, 7) is 6.25. The number of nitrogens with zero attached hydrogens (tertiary/aromatic N) is 3. The van der Waals surface area contributed by atoms with Gasteiger partial charge >= 0.3 is 0 Å². The summed E-state index contributed by atoms with van der Waals surface area (Å²) in [5.41, 5.74) is 0.495. The van der Waals surface area contributed by atoms with E-state index in [2.05, 4.69) is 36.4 Å². The number of aromatic nitrogens is 3. The Morgan fingerprint density at radius 2 is 2.27 bits per heavy atom. The average Bonchev–Trinajstić information content (AvgIpc) is 2.60. The average molecular weight is 210 g/mol. The molecule has 0 fully saturated rings. The fraction of sp³-hybridized carbons (Fsp3) is 0.700. The second-order valence-electron chi connectivity index (χ2n) is 3.98. The van der Waals surface area contributed by atoms with E-state index in [4.69, 9.17) is 0 Å². The van der Waals surface area contributed by atoms with Crippen LogP contribution >= 0.6 is 0 Å². The molecule has 1 heterocycles. The van der Waals surface area contributed by atoms with Gasteiger partial charge in [0, 0.05) is 13.1 Å². The molecule has 0 aliphatic carbocycles. The summed E-state index contributed by atoms with van der Waals surface area (Å²) in [6, 6.07) is 0.201. The molecule has 0 aliphatic rings. The number of hydrogen-bond acceptors (Lipinski definition) is 3. The highest BCUT2D eigenvalue weighted by atomic mass is 16.2. The Morgan fingerprint density at radius 3 is 2.67 bits per heavy atom. The topological polar surface area (TPSA) is 59.8 Å². The Balaban J connectivity index is 2.67. The Labute approximate surface area is 89.9 Å². The number of carbonyl (C=O) groups excluding carboxylic acids is 1. The molecule has 0 bridgehead atoms. The first-order valence-electron chi connectivity index (χ1n) is 5.21. The lowest BCUT2D eigenvalue weighted by Gasteiger charge is -2.20. The van der Waals surface area contributed by atoms with E-state index in [-0.39, 0.29) is 11.9 Å². The van der Waals surface area contributed by atoms with Gasteiger partial charge in [0.25, 0.3) is 5.91 Å². The van der Waals surface area contributed by atoms with Gasteiger partial charge in [-0.15, -0.1) is 5.10 Å². The fourth-order valence-electron chi connectivity index (χ4n) is 1.48. The molecule has 0 aliphatic heterocycles. The second-order valence-corrected chi connectivity index (χ2v) is 3.98. The van der Waals surface area contributed by atoms with Crippen LogP contribution in [0, 0.1) is 5.92 Å². The van der Waals surface area contributed by atoms with Crippen molar-refractivity contribution in [1.29, 1.82) is 0 Å². The van der Waals surface area contributed by atoms with Gasteiger partial charge in [-0.25, -0.2) is 4.68 Å². The number of amides is 1. The lowest BCUT2D eigenvalue weighted by Crippen LogP contribution is -2.38. The van der Waals surface area contributed by atoms with Crippen LogP contribution in [-0.2, 0) is 7.05 Å². The summed E-state index contributed by atoms with van der Waals surface area (Å²) in [5, 5.41) is 10.4. The number of aryl methyl sites for hydroxylation is 1. The van der Waals surface area contributed by atoms with Gasteiger partial charge in [-0.3, -0.25) is 4.79 Å². The van der Waals surface area contributed by atoms with Crippen LogP contribution in [0.1, 0.15) is 37.7 Å². The van der Waals surface area contributed by atoms with Crippen LogP contribution in [0.25, 0.3) is 0 Å². The first-order valence-corrected chi connectivity index (χ1v) is 5.21. The van der Waals surface area contributed by atoms with Crippen molar-refractivity contribution in [3.05, 3.63) is 11.9 Å². The zero-order valence-corrected chi connectivity index (χ0v) is 9.69. The van der Waals surface area contributed by atoms with E-state index in [1.807, 2.05) is 0 Å². The molecule has 1 aromatic rings. The molecule has 1 aromatic heterocycles. The molecule has 1 unspecified atom stereocenters. The first-order chi connectivity index (χ1) is 7.06. The van der Waals surface area contributed by atoms with Crippen LogP contribution in [0.5, 0.6) is 0 Å². The lowest BCUT2D eigenvalue weighted by atomic mass is 10.0. The predicted octanol–water partition coefficient (Wildman–Crippen LogP) is 0.979. The van der Waals surface area contributed by atoms with E-state index in [0.717, 1.165) is 6.42 Å². The third-order valence-corrected chi connectivity index (χ3v) is 2.51. The molecule has 84 valence electrons. The van der Waals surface area contributed by atoms with Gasteiger partial charge in [0.05, 0.1) is 6.20 Å². The van der Waals surface area contributed by atoms with Crippen LogP contribution in [0.2, 0.25) is 0 Å². The van der Waals surface area contributed by atoms with Crippen LogP contribution in [0.15, 0.2) is 6.20 Å².